The Kier molecular flexibility index (Phi) is 5.92. The third-order valence-electron chi connectivity index (χ3n) is 4.11. The molecule has 0 bridgehead atoms. The fourth-order valence-electron chi connectivity index (χ4n) is 2.69. The van der Waals surface area contributed by atoms with Gasteiger partial charge in [-0.2, -0.15) is 9.36 Å². The number of piperazine rings is 1. The smallest absolute Gasteiger partial charge is 0.409 e. The van der Waals surface area contributed by atoms with Gasteiger partial charge in [0, 0.05) is 26.2 Å². The molecule has 0 aliphatic carbocycles. The average Bonchev–Trinajstić information content (AvgIpc) is 3.16. The van der Waals surface area contributed by atoms with Gasteiger partial charge in [-0.05, 0) is 29.6 Å². The summed E-state index contributed by atoms with van der Waals surface area (Å²) in [6.45, 7) is 7.11. The van der Waals surface area contributed by atoms with Crippen molar-refractivity contribution in [1.82, 2.24) is 14.3 Å². The zero-order chi connectivity index (χ0) is 18.5. The number of aromatic nitrogens is 2. The van der Waals surface area contributed by atoms with Gasteiger partial charge in [0.1, 0.15) is 10.8 Å². The fraction of sp³-hybridized carbons (Fsp3) is 0.500. The molecule has 2 heterocycles. The van der Waals surface area contributed by atoms with Crippen molar-refractivity contribution in [3.63, 3.8) is 0 Å². The molecular weight excluding hydrogens is 352 g/mol. The summed E-state index contributed by atoms with van der Waals surface area (Å²) in [6, 6.07) is 7.78. The van der Waals surface area contributed by atoms with Gasteiger partial charge in [0.15, 0.2) is 0 Å². The van der Waals surface area contributed by atoms with Crippen LogP contribution in [0.5, 0.6) is 5.75 Å². The second-order valence-electron chi connectivity index (χ2n) is 6.54. The van der Waals surface area contributed by atoms with Gasteiger partial charge < -0.3 is 19.3 Å². The van der Waals surface area contributed by atoms with Crippen LogP contribution in [0.2, 0.25) is 0 Å². The van der Waals surface area contributed by atoms with Crippen LogP contribution in [0.3, 0.4) is 0 Å². The van der Waals surface area contributed by atoms with Crippen molar-refractivity contribution in [2.75, 3.05) is 44.8 Å². The Labute approximate surface area is 157 Å². The van der Waals surface area contributed by atoms with Crippen LogP contribution in [0.1, 0.15) is 13.8 Å². The number of benzene rings is 1. The summed E-state index contributed by atoms with van der Waals surface area (Å²) in [5, 5.41) is 0.830. The molecule has 2 aromatic rings. The lowest BCUT2D eigenvalue weighted by Crippen LogP contribution is -2.49. The summed E-state index contributed by atoms with van der Waals surface area (Å²) < 4.78 is 15.2. The summed E-state index contributed by atoms with van der Waals surface area (Å²) in [5.74, 6) is 1.83. The van der Waals surface area contributed by atoms with Gasteiger partial charge in [-0.3, -0.25) is 0 Å². The second-order valence-corrected chi connectivity index (χ2v) is 7.30. The summed E-state index contributed by atoms with van der Waals surface area (Å²) in [7, 11) is 1.65. The Bertz CT molecular complexity index is 742. The average molecular weight is 376 g/mol. The zero-order valence-electron chi connectivity index (χ0n) is 15.3. The van der Waals surface area contributed by atoms with Gasteiger partial charge >= 0.3 is 6.09 Å². The third kappa shape index (κ3) is 4.24. The van der Waals surface area contributed by atoms with Crippen LogP contribution in [0.15, 0.2) is 24.3 Å². The van der Waals surface area contributed by atoms with E-state index in [9.17, 15) is 4.79 Å². The van der Waals surface area contributed by atoms with E-state index >= 15 is 0 Å². The molecule has 0 radical (unpaired) electrons. The first-order chi connectivity index (χ1) is 12.6. The molecule has 26 heavy (non-hydrogen) atoms. The Hall–Kier alpha value is -2.35. The van der Waals surface area contributed by atoms with Crippen molar-refractivity contribution < 1.29 is 14.3 Å². The SMILES string of the molecule is COc1ccccc1-c1nc(N2CCN(C(=O)OCC(C)C)CC2)ns1. The Morgan fingerprint density at radius 3 is 2.65 bits per heavy atom. The minimum atomic E-state index is -0.237. The number of carbonyl (C=O) groups excluding carboxylic acids is 1. The molecule has 0 saturated carbocycles. The van der Waals surface area contributed by atoms with Crippen LogP contribution < -0.4 is 9.64 Å². The highest BCUT2D eigenvalue weighted by atomic mass is 32.1. The van der Waals surface area contributed by atoms with Crippen LogP contribution in [0.4, 0.5) is 10.7 Å². The maximum Gasteiger partial charge on any atom is 0.409 e. The minimum Gasteiger partial charge on any atom is -0.496 e. The van der Waals surface area contributed by atoms with E-state index in [2.05, 4.69) is 14.3 Å². The lowest BCUT2D eigenvalue weighted by atomic mass is 10.2. The molecule has 0 N–H and O–H groups in total. The van der Waals surface area contributed by atoms with Crippen LogP contribution in [-0.4, -0.2) is 60.2 Å². The van der Waals surface area contributed by atoms with E-state index in [4.69, 9.17) is 9.47 Å². The Morgan fingerprint density at radius 2 is 1.96 bits per heavy atom. The van der Waals surface area contributed by atoms with Crippen molar-refractivity contribution in [3.05, 3.63) is 24.3 Å². The van der Waals surface area contributed by atoms with Crippen LogP contribution in [0.25, 0.3) is 10.6 Å². The van der Waals surface area contributed by atoms with E-state index in [1.165, 1.54) is 11.5 Å². The van der Waals surface area contributed by atoms with Gasteiger partial charge in [0.2, 0.25) is 5.95 Å². The molecule has 1 fully saturated rings. The maximum atomic E-state index is 12.0. The highest BCUT2D eigenvalue weighted by Crippen LogP contribution is 2.32. The molecule has 1 aliphatic heterocycles. The van der Waals surface area contributed by atoms with Crippen LogP contribution in [0, 0.1) is 5.92 Å². The molecule has 140 valence electrons. The number of nitrogens with zero attached hydrogens (tertiary/aromatic N) is 4. The molecule has 1 saturated heterocycles. The molecule has 7 nitrogen and oxygen atoms in total. The molecule has 0 atom stereocenters. The monoisotopic (exact) mass is 376 g/mol. The summed E-state index contributed by atoms with van der Waals surface area (Å²) in [5.41, 5.74) is 0.939. The first-order valence-corrected chi connectivity index (χ1v) is 9.49. The van der Waals surface area contributed by atoms with Gasteiger partial charge in [0.25, 0.3) is 0 Å². The van der Waals surface area contributed by atoms with E-state index in [0.717, 1.165) is 16.3 Å². The number of rotatable bonds is 5. The molecule has 0 unspecified atom stereocenters. The standard InChI is InChI=1S/C18H24N4O3S/c1-13(2)12-25-18(23)22-10-8-21(9-11-22)17-19-16(26-20-17)14-6-4-5-7-15(14)24-3/h4-7,13H,8-12H2,1-3H3. The van der Waals surface area contributed by atoms with Crippen LogP contribution in [-0.2, 0) is 4.74 Å². The summed E-state index contributed by atoms with van der Waals surface area (Å²) in [6.07, 6.45) is -0.237. The van der Waals surface area contributed by atoms with E-state index < -0.39 is 0 Å². The van der Waals surface area contributed by atoms with E-state index in [-0.39, 0.29) is 6.09 Å². The number of anilines is 1. The number of para-hydroxylation sites is 1. The van der Waals surface area contributed by atoms with Gasteiger partial charge in [0.05, 0.1) is 19.3 Å². The van der Waals surface area contributed by atoms with Gasteiger partial charge in [-0.25, -0.2) is 4.79 Å². The molecule has 3 rings (SSSR count). The fourth-order valence-corrected chi connectivity index (χ4v) is 3.41. The first-order valence-electron chi connectivity index (χ1n) is 8.72. The number of carbonyl (C=O) groups is 1. The Morgan fingerprint density at radius 1 is 1.23 bits per heavy atom. The van der Waals surface area contributed by atoms with Crippen molar-refractivity contribution >= 4 is 23.6 Å². The molecule has 1 aliphatic rings. The normalized spacial score (nSPS) is 14.6. The highest BCUT2D eigenvalue weighted by Gasteiger charge is 2.25. The molecule has 1 amide bonds. The molecule has 8 heteroatoms. The van der Waals surface area contributed by atoms with E-state index in [1.807, 2.05) is 38.1 Å². The molecule has 0 spiro atoms. The van der Waals surface area contributed by atoms with E-state index in [1.54, 1.807) is 12.0 Å². The topological polar surface area (TPSA) is 67.8 Å². The third-order valence-corrected chi connectivity index (χ3v) is 4.85. The first kappa shape index (κ1) is 18.4. The zero-order valence-corrected chi connectivity index (χ0v) is 16.2. The quantitative estimate of drug-likeness (QED) is 0.799. The predicted octanol–water partition coefficient (Wildman–Crippen LogP) is 3.13. The number of methoxy groups -OCH3 is 1. The minimum absolute atomic E-state index is 0.237. The van der Waals surface area contributed by atoms with Crippen molar-refractivity contribution in [2.24, 2.45) is 5.92 Å². The van der Waals surface area contributed by atoms with Gasteiger partial charge in [-0.15, -0.1) is 0 Å². The second kappa shape index (κ2) is 8.35. The summed E-state index contributed by atoms with van der Waals surface area (Å²) in [4.78, 5) is 20.5. The van der Waals surface area contributed by atoms with Crippen molar-refractivity contribution in [1.29, 1.82) is 0 Å². The van der Waals surface area contributed by atoms with E-state index in [0.29, 0.717) is 44.7 Å². The maximum absolute atomic E-state index is 12.0. The largest absolute Gasteiger partial charge is 0.496 e. The highest BCUT2D eigenvalue weighted by molar-refractivity contribution is 7.09. The van der Waals surface area contributed by atoms with Crippen molar-refractivity contribution in [2.45, 2.75) is 13.8 Å². The summed E-state index contributed by atoms with van der Waals surface area (Å²) >= 11 is 1.36. The molecular formula is C18H24N4O3S. The number of amides is 1. The van der Waals surface area contributed by atoms with Crippen LogP contribution >= 0.6 is 11.5 Å². The van der Waals surface area contributed by atoms with Gasteiger partial charge in [-0.1, -0.05) is 26.0 Å². The Balaban J connectivity index is 1.61. The van der Waals surface area contributed by atoms with Crippen molar-refractivity contribution in [3.8, 4) is 16.3 Å². The molecule has 1 aromatic carbocycles. The number of hydrogen-bond acceptors (Lipinski definition) is 7. The number of hydrogen-bond donors (Lipinski definition) is 0. The lowest BCUT2D eigenvalue weighted by Gasteiger charge is -2.33. The number of ether oxygens (including phenoxy) is 2. The lowest BCUT2D eigenvalue weighted by molar-refractivity contribution is 0.0900. The predicted molar refractivity (Wildman–Crippen MR) is 102 cm³/mol. The molecule has 1 aromatic heterocycles.